The van der Waals surface area contributed by atoms with Crippen LogP contribution >= 0.6 is 0 Å². The Morgan fingerprint density at radius 2 is 2.11 bits per heavy atom. The molecule has 1 heterocycles. The monoisotopic (exact) mass is 256 g/mol. The van der Waals surface area contributed by atoms with E-state index in [-0.39, 0.29) is 6.09 Å². The van der Waals surface area contributed by atoms with Crippen LogP contribution in [0.25, 0.3) is 0 Å². The number of ether oxygens (including phenoxy) is 1. The Hall–Kier alpha value is -0.770. The highest BCUT2D eigenvalue weighted by atomic mass is 16.6. The number of hydrogen-bond donors (Lipinski definition) is 1. The predicted molar refractivity (Wildman–Crippen MR) is 73.7 cm³/mol. The third kappa shape index (κ3) is 5.25. The van der Waals surface area contributed by atoms with E-state index in [1.165, 1.54) is 12.8 Å². The van der Waals surface area contributed by atoms with Crippen LogP contribution in [0.1, 0.15) is 53.4 Å². The fourth-order valence-corrected chi connectivity index (χ4v) is 2.23. The van der Waals surface area contributed by atoms with Crippen molar-refractivity contribution in [1.82, 2.24) is 10.2 Å². The van der Waals surface area contributed by atoms with Crippen LogP contribution in [-0.4, -0.2) is 42.3 Å². The van der Waals surface area contributed by atoms with Crippen LogP contribution in [0.15, 0.2) is 0 Å². The molecule has 0 aromatic rings. The van der Waals surface area contributed by atoms with Gasteiger partial charge in [-0.05, 0) is 40.2 Å². The van der Waals surface area contributed by atoms with Crippen LogP contribution in [0.3, 0.4) is 0 Å². The lowest BCUT2D eigenvalue weighted by Crippen LogP contribution is -2.44. The maximum Gasteiger partial charge on any atom is 0.410 e. The zero-order valence-corrected chi connectivity index (χ0v) is 12.3. The number of nitrogens with one attached hydrogen (secondary N) is 1. The summed E-state index contributed by atoms with van der Waals surface area (Å²) in [5.74, 6) is 0. The number of amides is 1. The van der Waals surface area contributed by atoms with Crippen molar-refractivity contribution in [2.45, 2.75) is 65.0 Å². The van der Waals surface area contributed by atoms with E-state index >= 15 is 0 Å². The van der Waals surface area contributed by atoms with E-state index in [0.29, 0.717) is 6.04 Å². The van der Waals surface area contributed by atoms with Crippen molar-refractivity contribution < 1.29 is 9.53 Å². The highest BCUT2D eigenvalue weighted by Gasteiger charge is 2.28. The second-order valence-corrected chi connectivity index (χ2v) is 6.01. The summed E-state index contributed by atoms with van der Waals surface area (Å²) in [5.41, 5.74) is -0.411. The third-order valence-electron chi connectivity index (χ3n) is 3.14. The van der Waals surface area contributed by atoms with Gasteiger partial charge in [-0.25, -0.2) is 4.79 Å². The first kappa shape index (κ1) is 15.3. The van der Waals surface area contributed by atoms with Gasteiger partial charge in [0.25, 0.3) is 0 Å². The minimum absolute atomic E-state index is 0.160. The number of carbonyl (C=O) groups excluding carboxylic acids is 1. The molecule has 106 valence electrons. The first-order chi connectivity index (χ1) is 8.44. The van der Waals surface area contributed by atoms with Gasteiger partial charge in [0.05, 0.1) is 0 Å². The molecule has 0 bridgehead atoms. The SMILES string of the molecule is CCCCC1CCNCCN1C(=O)OC(C)(C)C. The second kappa shape index (κ2) is 6.98. The summed E-state index contributed by atoms with van der Waals surface area (Å²) in [6, 6.07) is 0.329. The Balaban J connectivity index is 2.63. The normalized spacial score (nSPS) is 21.6. The van der Waals surface area contributed by atoms with Gasteiger partial charge in [-0.3, -0.25) is 0 Å². The Bertz CT molecular complexity index is 261. The fraction of sp³-hybridized carbons (Fsp3) is 0.929. The molecule has 1 amide bonds. The quantitative estimate of drug-likeness (QED) is 0.844. The van der Waals surface area contributed by atoms with Crippen molar-refractivity contribution in [3.8, 4) is 0 Å². The van der Waals surface area contributed by atoms with Gasteiger partial charge in [0, 0.05) is 19.1 Å². The topological polar surface area (TPSA) is 41.6 Å². The standard InChI is InChI=1S/C14H28N2O2/c1-5-6-7-12-8-9-15-10-11-16(12)13(17)18-14(2,3)4/h12,15H,5-11H2,1-4H3. The van der Waals surface area contributed by atoms with Crippen molar-refractivity contribution in [3.63, 3.8) is 0 Å². The fourth-order valence-electron chi connectivity index (χ4n) is 2.23. The second-order valence-electron chi connectivity index (χ2n) is 6.01. The molecule has 0 aromatic carbocycles. The van der Waals surface area contributed by atoms with E-state index in [0.717, 1.165) is 32.5 Å². The summed E-state index contributed by atoms with van der Waals surface area (Å²) in [5, 5.41) is 3.35. The van der Waals surface area contributed by atoms with E-state index in [9.17, 15) is 4.79 Å². The van der Waals surface area contributed by atoms with Gasteiger partial charge in [0.1, 0.15) is 5.60 Å². The van der Waals surface area contributed by atoms with E-state index in [1.807, 2.05) is 25.7 Å². The molecule has 0 radical (unpaired) electrons. The molecule has 4 nitrogen and oxygen atoms in total. The average molecular weight is 256 g/mol. The van der Waals surface area contributed by atoms with Crippen LogP contribution in [0, 0.1) is 0 Å². The van der Waals surface area contributed by atoms with Crippen molar-refractivity contribution >= 4 is 6.09 Å². The maximum atomic E-state index is 12.2. The lowest BCUT2D eigenvalue weighted by atomic mass is 10.1. The number of carbonyl (C=O) groups is 1. The molecule has 1 fully saturated rings. The van der Waals surface area contributed by atoms with Crippen LogP contribution in [0.2, 0.25) is 0 Å². The minimum atomic E-state index is -0.411. The summed E-state index contributed by atoms with van der Waals surface area (Å²) in [7, 11) is 0. The number of nitrogens with zero attached hydrogens (tertiary/aromatic N) is 1. The van der Waals surface area contributed by atoms with Gasteiger partial charge in [-0.15, -0.1) is 0 Å². The molecule has 0 aromatic heterocycles. The van der Waals surface area contributed by atoms with Crippen molar-refractivity contribution in [3.05, 3.63) is 0 Å². The highest BCUT2D eigenvalue weighted by molar-refractivity contribution is 5.68. The first-order valence-corrected chi connectivity index (χ1v) is 7.14. The Labute approximate surface area is 111 Å². The summed E-state index contributed by atoms with van der Waals surface area (Å²) >= 11 is 0. The van der Waals surface area contributed by atoms with Gasteiger partial charge < -0.3 is 15.0 Å². The van der Waals surface area contributed by atoms with E-state index in [1.54, 1.807) is 0 Å². The molecule has 0 saturated carbocycles. The first-order valence-electron chi connectivity index (χ1n) is 7.14. The van der Waals surface area contributed by atoms with Crippen molar-refractivity contribution in [2.24, 2.45) is 0 Å². The molecular weight excluding hydrogens is 228 g/mol. The van der Waals surface area contributed by atoms with Crippen molar-refractivity contribution in [1.29, 1.82) is 0 Å². The highest BCUT2D eigenvalue weighted by Crippen LogP contribution is 2.18. The number of hydrogen-bond acceptors (Lipinski definition) is 3. The lowest BCUT2D eigenvalue weighted by molar-refractivity contribution is 0.0164. The number of unbranched alkanes of at least 4 members (excludes halogenated alkanes) is 1. The predicted octanol–water partition coefficient (Wildman–Crippen LogP) is 2.78. The summed E-state index contributed by atoms with van der Waals surface area (Å²) in [6.07, 6.45) is 4.29. The summed E-state index contributed by atoms with van der Waals surface area (Å²) < 4.78 is 5.50. The van der Waals surface area contributed by atoms with Gasteiger partial charge in [0.15, 0.2) is 0 Å². The molecule has 1 unspecified atom stereocenters. The number of rotatable bonds is 3. The van der Waals surface area contributed by atoms with Gasteiger partial charge in [-0.2, -0.15) is 0 Å². The van der Waals surface area contributed by atoms with Crippen LogP contribution in [0.5, 0.6) is 0 Å². The van der Waals surface area contributed by atoms with E-state index < -0.39 is 5.60 Å². The summed E-state index contributed by atoms with van der Waals surface area (Å²) in [6.45, 7) is 10.6. The largest absolute Gasteiger partial charge is 0.444 e. The third-order valence-corrected chi connectivity index (χ3v) is 3.14. The van der Waals surface area contributed by atoms with Gasteiger partial charge in [-0.1, -0.05) is 19.8 Å². The van der Waals surface area contributed by atoms with Gasteiger partial charge >= 0.3 is 6.09 Å². The molecule has 18 heavy (non-hydrogen) atoms. The maximum absolute atomic E-state index is 12.2. The lowest BCUT2D eigenvalue weighted by Gasteiger charge is -2.32. The Kier molecular flexibility index (Phi) is 5.93. The molecule has 1 atom stereocenters. The Morgan fingerprint density at radius 1 is 1.39 bits per heavy atom. The summed E-state index contributed by atoms with van der Waals surface area (Å²) in [4.78, 5) is 14.1. The molecular formula is C14H28N2O2. The molecule has 1 aliphatic heterocycles. The molecule has 0 aliphatic carbocycles. The van der Waals surface area contributed by atoms with Crippen LogP contribution in [-0.2, 0) is 4.74 Å². The minimum Gasteiger partial charge on any atom is -0.444 e. The van der Waals surface area contributed by atoms with Crippen LogP contribution in [0.4, 0.5) is 4.79 Å². The molecule has 1 saturated heterocycles. The zero-order valence-electron chi connectivity index (χ0n) is 12.3. The molecule has 0 spiro atoms. The van der Waals surface area contributed by atoms with Crippen LogP contribution < -0.4 is 5.32 Å². The molecule has 1 aliphatic rings. The zero-order chi connectivity index (χ0) is 13.6. The van der Waals surface area contributed by atoms with Gasteiger partial charge in [0.2, 0.25) is 0 Å². The van der Waals surface area contributed by atoms with E-state index in [4.69, 9.17) is 4.74 Å². The molecule has 4 heteroatoms. The van der Waals surface area contributed by atoms with Crippen molar-refractivity contribution in [2.75, 3.05) is 19.6 Å². The Morgan fingerprint density at radius 3 is 2.72 bits per heavy atom. The molecule has 1 rings (SSSR count). The molecule has 1 N–H and O–H groups in total. The average Bonchev–Trinajstić information content (AvgIpc) is 2.48. The van der Waals surface area contributed by atoms with E-state index in [2.05, 4.69) is 12.2 Å². The smallest absolute Gasteiger partial charge is 0.410 e.